The zero-order chi connectivity index (χ0) is 29.1. The highest BCUT2D eigenvalue weighted by atomic mass is 32.2. The molecule has 1 amide bonds. The van der Waals surface area contributed by atoms with E-state index in [1.165, 1.54) is 42.7 Å². The fourth-order valence-electron chi connectivity index (χ4n) is 4.46. The second-order valence-corrected chi connectivity index (χ2v) is 10.3. The molecule has 216 valence electrons. The number of nitrogens with one attached hydrogen (secondary N) is 1. The molecule has 0 atom stereocenters. The van der Waals surface area contributed by atoms with Gasteiger partial charge in [0.25, 0.3) is 5.91 Å². The normalized spacial score (nSPS) is 13.4. The summed E-state index contributed by atoms with van der Waals surface area (Å²) in [6.07, 6.45) is 1.78. The molecule has 0 spiro atoms. The lowest BCUT2D eigenvalue weighted by molar-refractivity contribution is -0.405. The van der Waals surface area contributed by atoms with Gasteiger partial charge in [0.2, 0.25) is 0 Å². The Bertz CT molecular complexity index is 1530. The maximum Gasteiger partial charge on any atom is 0.313 e. The van der Waals surface area contributed by atoms with Crippen molar-refractivity contribution in [2.24, 2.45) is 0 Å². The van der Waals surface area contributed by atoms with Crippen LogP contribution in [0.5, 0.6) is 11.5 Å². The van der Waals surface area contributed by atoms with Gasteiger partial charge < -0.3 is 20.2 Å². The summed E-state index contributed by atoms with van der Waals surface area (Å²) in [6.45, 7) is -1.26. The molecule has 4 N–H and O–H groups in total. The molecule has 1 fully saturated rings. The third-order valence-corrected chi connectivity index (χ3v) is 7.37. The van der Waals surface area contributed by atoms with Gasteiger partial charge in [0.15, 0.2) is 12.2 Å². The summed E-state index contributed by atoms with van der Waals surface area (Å²) in [5.41, 5.74) is 5.96. The number of hydrogen-bond donors (Lipinski definition) is 2. The van der Waals surface area contributed by atoms with Crippen molar-refractivity contribution >= 4 is 34.8 Å². The number of quaternary nitrogens is 1. The maximum atomic E-state index is 14.5. The lowest BCUT2D eigenvalue weighted by atomic mass is 10.00. The zero-order valence-corrected chi connectivity index (χ0v) is 23.2. The molecule has 1 aliphatic rings. The van der Waals surface area contributed by atoms with E-state index in [9.17, 15) is 18.0 Å². The number of amides is 1. The number of alkyl halides is 2. The topological polar surface area (TPSA) is 101 Å². The number of hydrogen-bond acceptors (Lipinski definition) is 7. The molecule has 0 saturated heterocycles. The van der Waals surface area contributed by atoms with Gasteiger partial charge in [-0.2, -0.15) is 8.78 Å². The summed E-state index contributed by atoms with van der Waals surface area (Å²) in [7, 11) is 2.82. The molecule has 5 rings (SSSR count). The molecule has 1 aromatic heterocycles. The van der Waals surface area contributed by atoms with E-state index in [2.05, 4.69) is 15.9 Å². The van der Waals surface area contributed by atoms with E-state index in [1.807, 2.05) is 6.07 Å². The Labute approximate surface area is 238 Å². The highest BCUT2D eigenvalue weighted by molar-refractivity contribution is 7.96. The Morgan fingerprint density at radius 1 is 1.12 bits per heavy atom. The Hall–Kier alpha value is -3.71. The molecule has 12 heteroatoms. The fraction of sp³-hybridized carbons (Fsp3) is 0.276. The van der Waals surface area contributed by atoms with Gasteiger partial charge in [0, 0.05) is 24.1 Å². The first kappa shape index (κ1) is 28.8. The smallest absolute Gasteiger partial charge is 0.313 e. The second kappa shape index (κ2) is 12.0. The Morgan fingerprint density at radius 2 is 1.78 bits per heavy atom. The quantitative estimate of drug-likeness (QED) is 0.0894. The number of carbonyl (C=O) groups is 1. The standard InChI is InChI=1S/C29H28F3N3O5S/c1-34-28(36)26-23-13-22(17-3-4-17)24(35(41-40-37-2)16-29(31,32)15-33)14-25(23)39-27(26)18-5-9-20(10-6-18)38-21-11-7-19(30)8-12-21/h5-14,17H,3-4,15-16,33H2,1-2H3,(H,34,36)/p+1. The van der Waals surface area contributed by atoms with Crippen LogP contribution in [0, 0.1) is 5.82 Å². The van der Waals surface area contributed by atoms with Crippen LogP contribution >= 0.6 is 12.2 Å². The minimum Gasteiger partial charge on any atom is -0.457 e. The van der Waals surface area contributed by atoms with Crippen LogP contribution in [-0.4, -0.2) is 39.1 Å². The molecular weight excluding hydrogens is 559 g/mol. The fourth-order valence-corrected chi connectivity index (χ4v) is 5.08. The van der Waals surface area contributed by atoms with Crippen molar-refractivity contribution < 1.29 is 42.1 Å². The monoisotopic (exact) mass is 588 g/mol. The second-order valence-electron chi connectivity index (χ2n) is 9.60. The zero-order valence-electron chi connectivity index (χ0n) is 22.4. The summed E-state index contributed by atoms with van der Waals surface area (Å²) >= 11 is 0.654. The number of halogens is 3. The first-order valence-electron chi connectivity index (χ1n) is 12.9. The largest absolute Gasteiger partial charge is 0.457 e. The molecule has 1 saturated carbocycles. The highest BCUT2D eigenvalue weighted by Gasteiger charge is 2.37. The van der Waals surface area contributed by atoms with Crippen LogP contribution in [0.25, 0.3) is 22.3 Å². The SMILES string of the molecule is CNC(=O)c1c(-c2ccc(Oc3ccc(F)cc3)cc2)oc2cc(N(CC(F)(F)C[NH3+])SOOC)c(C3CC3)cc12. The van der Waals surface area contributed by atoms with Gasteiger partial charge in [-0.05, 0) is 78.9 Å². The van der Waals surface area contributed by atoms with Crippen LogP contribution in [0.1, 0.15) is 34.7 Å². The van der Waals surface area contributed by atoms with E-state index >= 15 is 0 Å². The Kier molecular flexibility index (Phi) is 8.45. The van der Waals surface area contributed by atoms with Gasteiger partial charge in [0.05, 0.1) is 18.4 Å². The van der Waals surface area contributed by atoms with Crippen molar-refractivity contribution in [3.8, 4) is 22.8 Å². The lowest BCUT2D eigenvalue weighted by Crippen LogP contribution is -2.60. The molecular formula is C29H29F3N3O5S+. The average Bonchev–Trinajstić information content (AvgIpc) is 3.76. The van der Waals surface area contributed by atoms with E-state index in [0.717, 1.165) is 18.4 Å². The van der Waals surface area contributed by atoms with Crippen molar-refractivity contribution in [1.29, 1.82) is 0 Å². The van der Waals surface area contributed by atoms with Gasteiger partial charge in [-0.1, -0.05) is 0 Å². The Morgan fingerprint density at radius 3 is 2.37 bits per heavy atom. The first-order valence-corrected chi connectivity index (χ1v) is 13.6. The van der Waals surface area contributed by atoms with Crippen molar-refractivity contribution in [2.75, 3.05) is 31.6 Å². The van der Waals surface area contributed by atoms with Gasteiger partial charge in [-0.25, -0.2) is 9.28 Å². The van der Waals surface area contributed by atoms with E-state index in [0.29, 0.717) is 57.3 Å². The number of benzene rings is 3. The molecule has 3 aromatic carbocycles. The van der Waals surface area contributed by atoms with Crippen molar-refractivity contribution in [3.63, 3.8) is 0 Å². The molecule has 1 heterocycles. The van der Waals surface area contributed by atoms with Crippen LogP contribution in [-0.2, 0) is 9.22 Å². The van der Waals surface area contributed by atoms with E-state index < -0.39 is 19.0 Å². The minimum atomic E-state index is -3.08. The average molecular weight is 589 g/mol. The Balaban J connectivity index is 1.57. The first-order chi connectivity index (χ1) is 19.7. The summed E-state index contributed by atoms with van der Waals surface area (Å²) in [6, 6.07) is 16.1. The minimum absolute atomic E-state index is 0.146. The van der Waals surface area contributed by atoms with Gasteiger partial charge in [-0.15, -0.1) is 4.33 Å². The molecule has 0 aliphatic heterocycles. The number of rotatable bonds is 12. The van der Waals surface area contributed by atoms with Crippen LogP contribution < -0.4 is 20.1 Å². The van der Waals surface area contributed by atoms with E-state index in [4.69, 9.17) is 13.5 Å². The third kappa shape index (κ3) is 6.46. The number of anilines is 1. The van der Waals surface area contributed by atoms with Crippen molar-refractivity contribution in [1.82, 2.24) is 5.32 Å². The van der Waals surface area contributed by atoms with Gasteiger partial charge in [-0.3, -0.25) is 9.10 Å². The molecule has 0 unspecified atom stereocenters. The van der Waals surface area contributed by atoms with Crippen LogP contribution in [0.2, 0.25) is 0 Å². The number of carbonyl (C=O) groups excluding carboxylic acids is 1. The number of furan rings is 1. The number of ether oxygens (including phenoxy) is 1. The molecule has 0 bridgehead atoms. The number of fused-ring (bicyclic) bond motifs is 1. The van der Waals surface area contributed by atoms with Crippen LogP contribution in [0.15, 0.2) is 65.1 Å². The van der Waals surface area contributed by atoms with Crippen LogP contribution in [0.3, 0.4) is 0 Å². The predicted octanol–water partition coefficient (Wildman–Crippen LogP) is 6.09. The van der Waals surface area contributed by atoms with Crippen LogP contribution in [0.4, 0.5) is 18.9 Å². The molecule has 1 aliphatic carbocycles. The van der Waals surface area contributed by atoms with Gasteiger partial charge in [0.1, 0.15) is 41.7 Å². The van der Waals surface area contributed by atoms with Crippen molar-refractivity contribution in [2.45, 2.75) is 24.7 Å². The van der Waals surface area contributed by atoms with Gasteiger partial charge >= 0.3 is 5.92 Å². The maximum absolute atomic E-state index is 14.5. The summed E-state index contributed by atoms with van der Waals surface area (Å²) in [4.78, 5) is 17.8. The highest BCUT2D eigenvalue weighted by Crippen LogP contribution is 2.49. The third-order valence-electron chi connectivity index (χ3n) is 6.67. The predicted molar refractivity (Wildman–Crippen MR) is 149 cm³/mol. The summed E-state index contributed by atoms with van der Waals surface area (Å²) in [5, 5.41) is 3.24. The summed E-state index contributed by atoms with van der Waals surface area (Å²) < 4.78 is 60.5. The van der Waals surface area contributed by atoms with E-state index in [1.54, 1.807) is 30.3 Å². The molecule has 8 nitrogen and oxygen atoms in total. The molecule has 41 heavy (non-hydrogen) atoms. The lowest BCUT2D eigenvalue weighted by Gasteiger charge is -2.26. The van der Waals surface area contributed by atoms with E-state index in [-0.39, 0.29) is 17.6 Å². The summed E-state index contributed by atoms with van der Waals surface area (Å²) in [5.74, 6) is -2.35. The van der Waals surface area contributed by atoms with Crippen molar-refractivity contribution in [3.05, 3.63) is 77.6 Å². The molecule has 0 radical (unpaired) electrons. The number of nitrogens with zero attached hydrogens (tertiary/aromatic N) is 1. The molecule has 4 aromatic rings.